The highest BCUT2D eigenvalue weighted by atomic mass is 16.3. The minimum atomic E-state index is -0.480. The molecule has 1 unspecified atom stereocenters. The van der Waals surface area contributed by atoms with E-state index in [0.29, 0.717) is 6.42 Å². The highest BCUT2D eigenvalue weighted by Gasteiger charge is 2.45. The summed E-state index contributed by atoms with van der Waals surface area (Å²) in [7, 11) is 0. The Bertz CT molecular complexity index is 929. The number of rotatable bonds is 7. The SMILES string of the molecule is Cc1[nH]cnc1C(CCO)C(c1ccccc1)(c1ccccc1)c1ccccc1. The number of nitrogens with zero attached hydrogens (tertiary/aromatic N) is 1. The van der Waals surface area contributed by atoms with Crippen LogP contribution in [0, 0.1) is 6.92 Å². The Balaban J connectivity index is 2.11. The van der Waals surface area contributed by atoms with Crippen LogP contribution in [0.3, 0.4) is 0 Å². The van der Waals surface area contributed by atoms with Crippen molar-refractivity contribution in [3.63, 3.8) is 0 Å². The number of aliphatic hydroxyl groups is 1. The molecule has 0 aliphatic heterocycles. The lowest BCUT2D eigenvalue weighted by Crippen LogP contribution is -2.37. The van der Waals surface area contributed by atoms with Crippen molar-refractivity contribution in [2.75, 3.05) is 6.61 Å². The molecule has 3 heteroatoms. The number of aryl methyl sites for hydroxylation is 1. The van der Waals surface area contributed by atoms with Gasteiger partial charge in [-0.15, -0.1) is 0 Å². The lowest BCUT2D eigenvalue weighted by molar-refractivity contribution is 0.258. The van der Waals surface area contributed by atoms with E-state index in [4.69, 9.17) is 4.98 Å². The molecular weight excluding hydrogens is 356 g/mol. The second-order valence-electron chi connectivity index (χ2n) is 7.38. The second kappa shape index (κ2) is 8.46. The number of hydrogen-bond acceptors (Lipinski definition) is 2. The largest absolute Gasteiger partial charge is 0.396 e. The smallest absolute Gasteiger partial charge is 0.0925 e. The van der Waals surface area contributed by atoms with Gasteiger partial charge >= 0.3 is 0 Å². The van der Waals surface area contributed by atoms with Crippen molar-refractivity contribution in [1.82, 2.24) is 9.97 Å². The zero-order valence-corrected chi connectivity index (χ0v) is 16.6. The van der Waals surface area contributed by atoms with E-state index in [9.17, 15) is 5.11 Å². The summed E-state index contributed by atoms with van der Waals surface area (Å²) in [4.78, 5) is 7.95. The monoisotopic (exact) mass is 382 g/mol. The Morgan fingerprint density at radius 1 is 0.793 bits per heavy atom. The Kier molecular flexibility index (Phi) is 5.59. The number of imidazole rings is 1. The van der Waals surface area contributed by atoms with Gasteiger partial charge in [0.2, 0.25) is 0 Å². The average molecular weight is 383 g/mol. The van der Waals surface area contributed by atoms with E-state index < -0.39 is 5.41 Å². The molecule has 1 heterocycles. The van der Waals surface area contributed by atoms with Crippen LogP contribution < -0.4 is 0 Å². The molecule has 29 heavy (non-hydrogen) atoms. The van der Waals surface area contributed by atoms with E-state index in [-0.39, 0.29) is 12.5 Å². The van der Waals surface area contributed by atoms with Gasteiger partial charge in [-0.2, -0.15) is 0 Å². The summed E-state index contributed by atoms with van der Waals surface area (Å²) in [5.41, 5.74) is 5.13. The van der Waals surface area contributed by atoms with Crippen molar-refractivity contribution in [1.29, 1.82) is 0 Å². The van der Waals surface area contributed by atoms with Crippen LogP contribution in [0.1, 0.15) is 40.4 Å². The molecule has 0 amide bonds. The first-order valence-corrected chi connectivity index (χ1v) is 10.1. The van der Waals surface area contributed by atoms with Crippen molar-refractivity contribution in [2.45, 2.75) is 24.7 Å². The van der Waals surface area contributed by atoms with Gasteiger partial charge in [0.05, 0.1) is 17.4 Å². The summed E-state index contributed by atoms with van der Waals surface area (Å²) >= 11 is 0. The quantitative estimate of drug-likeness (QED) is 0.431. The molecule has 0 saturated heterocycles. The van der Waals surface area contributed by atoms with Crippen LogP contribution in [0.4, 0.5) is 0 Å². The van der Waals surface area contributed by atoms with Crippen LogP contribution in [0.15, 0.2) is 97.3 Å². The molecule has 4 aromatic rings. The van der Waals surface area contributed by atoms with Gasteiger partial charge in [-0.3, -0.25) is 0 Å². The highest BCUT2D eigenvalue weighted by molar-refractivity contribution is 5.54. The number of aliphatic hydroxyl groups excluding tert-OH is 1. The molecule has 0 radical (unpaired) electrons. The predicted octanol–water partition coefficient (Wildman–Crippen LogP) is 5.22. The third-order valence-corrected chi connectivity index (χ3v) is 5.83. The highest BCUT2D eigenvalue weighted by Crippen LogP contribution is 2.51. The Hall–Kier alpha value is -3.17. The van der Waals surface area contributed by atoms with Crippen LogP contribution in [0.2, 0.25) is 0 Å². The molecule has 2 N–H and O–H groups in total. The van der Waals surface area contributed by atoms with Gasteiger partial charge in [0.1, 0.15) is 0 Å². The fourth-order valence-corrected chi connectivity index (χ4v) is 4.61. The van der Waals surface area contributed by atoms with Gasteiger partial charge in [0, 0.05) is 18.2 Å². The number of H-pyrrole nitrogens is 1. The molecule has 3 nitrogen and oxygen atoms in total. The predicted molar refractivity (Wildman–Crippen MR) is 117 cm³/mol. The van der Waals surface area contributed by atoms with E-state index in [2.05, 4.69) is 84.7 Å². The van der Waals surface area contributed by atoms with Crippen LogP contribution >= 0.6 is 0 Å². The Morgan fingerprint density at radius 2 is 1.24 bits per heavy atom. The first-order chi connectivity index (χ1) is 14.3. The number of aromatic nitrogens is 2. The molecule has 0 aliphatic rings. The van der Waals surface area contributed by atoms with E-state index in [0.717, 1.165) is 11.4 Å². The van der Waals surface area contributed by atoms with Crippen molar-refractivity contribution in [3.8, 4) is 0 Å². The average Bonchev–Trinajstić information content (AvgIpc) is 3.21. The van der Waals surface area contributed by atoms with Crippen LogP contribution in [-0.2, 0) is 5.41 Å². The maximum Gasteiger partial charge on any atom is 0.0925 e. The molecule has 1 atom stereocenters. The first kappa shape index (κ1) is 19.2. The lowest BCUT2D eigenvalue weighted by atomic mass is 9.60. The minimum Gasteiger partial charge on any atom is -0.396 e. The zero-order chi connectivity index (χ0) is 20.1. The molecule has 3 aromatic carbocycles. The van der Waals surface area contributed by atoms with E-state index in [1.807, 2.05) is 18.2 Å². The van der Waals surface area contributed by atoms with Crippen molar-refractivity contribution in [2.24, 2.45) is 0 Å². The molecule has 0 spiro atoms. The third-order valence-electron chi connectivity index (χ3n) is 5.83. The van der Waals surface area contributed by atoms with E-state index in [1.165, 1.54) is 16.7 Å². The van der Waals surface area contributed by atoms with Gasteiger partial charge in [-0.05, 0) is 30.0 Å². The molecule has 0 saturated carbocycles. The van der Waals surface area contributed by atoms with Gasteiger partial charge in [0.25, 0.3) is 0 Å². The third kappa shape index (κ3) is 3.39. The van der Waals surface area contributed by atoms with Gasteiger partial charge in [-0.1, -0.05) is 91.0 Å². The zero-order valence-electron chi connectivity index (χ0n) is 16.6. The molecule has 0 fully saturated rings. The van der Waals surface area contributed by atoms with Crippen LogP contribution in [0.5, 0.6) is 0 Å². The number of benzene rings is 3. The van der Waals surface area contributed by atoms with Crippen molar-refractivity contribution >= 4 is 0 Å². The molecule has 146 valence electrons. The summed E-state index contributed by atoms with van der Waals surface area (Å²) in [5.74, 6) is -0.0362. The second-order valence-corrected chi connectivity index (χ2v) is 7.38. The normalized spacial score (nSPS) is 12.6. The summed E-state index contributed by atoms with van der Waals surface area (Å²) in [5, 5.41) is 10.1. The fraction of sp³-hybridized carbons (Fsp3) is 0.192. The maximum absolute atomic E-state index is 10.1. The molecular formula is C26H26N2O. The topological polar surface area (TPSA) is 48.9 Å². The minimum absolute atomic E-state index is 0.0362. The summed E-state index contributed by atoms with van der Waals surface area (Å²) in [6.07, 6.45) is 2.35. The van der Waals surface area contributed by atoms with E-state index in [1.54, 1.807) is 6.33 Å². The standard InChI is InChI=1S/C26H26N2O/c1-20-25(28-19-27-20)24(17-18-29)26(21-11-5-2-6-12-21,22-13-7-3-8-14-22)23-15-9-4-10-16-23/h2-16,19,24,29H,17-18H2,1H3,(H,27,28). The van der Waals surface area contributed by atoms with E-state index >= 15 is 0 Å². The van der Waals surface area contributed by atoms with Gasteiger partial charge in [0.15, 0.2) is 0 Å². The summed E-state index contributed by atoms with van der Waals surface area (Å²) < 4.78 is 0. The maximum atomic E-state index is 10.1. The number of hydrogen-bond donors (Lipinski definition) is 2. The van der Waals surface area contributed by atoms with Crippen LogP contribution in [0.25, 0.3) is 0 Å². The van der Waals surface area contributed by atoms with Crippen LogP contribution in [-0.4, -0.2) is 21.7 Å². The number of nitrogens with one attached hydrogen (secondary N) is 1. The van der Waals surface area contributed by atoms with Crippen molar-refractivity contribution < 1.29 is 5.11 Å². The lowest BCUT2D eigenvalue weighted by Gasteiger charge is -2.42. The summed E-state index contributed by atoms with van der Waals surface area (Å²) in [6.45, 7) is 2.14. The molecule has 0 aliphatic carbocycles. The van der Waals surface area contributed by atoms with Gasteiger partial charge < -0.3 is 10.1 Å². The fourth-order valence-electron chi connectivity index (χ4n) is 4.61. The molecule has 1 aromatic heterocycles. The Morgan fingerprint density at radius 3 is 1.59 bits per heavy atom. The molecule has 0 bridgehead atoms. The van der Waals surface area contributed by atoms with Crippen molar-refractivity contribution in [3.05, 3.63) is 125 Å². The summed E-state index contributed by atoms with van der Waals surface area (Å²) in [6, 6.07) is 31.8. The number of aromatic amines is 1. The first-order valence-electron chi connectivity index (χ1n) is 10.1. The Labute approximate surface area is 172 Å². The molecule has 4 rings (SSSR count). The van der Waals surface area contributed by atoms with Gasteiger partial charge in [-0.25, -0.2) is 4.98 Å².